The summed E-state index contributed by atoms with van der Waals surface area (Å²) in [7, 11) is -2.57. The molecule has 0 amide bonds. The van der Waals surface area contributed by atoms with E-state index in [1.165, 1.54) is 18.8 Å². The molecule has 0 aromatic rings. The minimum atomic E-state index is -3.88. The molecule has 0 radical (unpaired) electrons. The highest BCUT2D eigenvalue weighted by molar-refractivity contribution is 7.99. The fraction of sp³-hybridized carbons (Fsp3) is 0.818. The molecule has 8 nitrogen and oxygen atoms in total. The van der Waals surface area contributed by atoms with Gasteiger partial charge in [0.25, 0.3) is 10.2 Å². The summed E-state index contributed by atoms with van der Waals surface area (Å²) >= 11 is 1.49. The topological polar surface area (TPSA) is 104 Å². The average Bonchev–Trinajstić information content (AvgIpc) is 2.44. The van der Waals surface area contributed by atoms with Crippen LogP contribution in [0.2, 0.25) is 0 Å². The molecule has 0 aromatic heterocycles. The van der Waals surface area contributed by atoms with Crippen LogP contribution >= 0.6 is 11.8 Å². The van der Waals surface area contributed by atoms with Crippen LogP contribution < -0.4 is 0 Å². The highest BCUT2D eigenvalue weighted by atomic mass is 32.2. The largest absolute Gasteiger partial charge is 0.481 e. The van der Waals surface area contributed by atoms with E-state index in [1.807, 2.05) is 0 Å². The maximum absolute atomic E-state index is 12.5. The predicted molar refractivity (Wildman–Crippen MR) is 78.3 cm³/mol. The molecular formula is C11H20N2O6S2. The number of esters is 1. The molecule has 122 valence electrons. The van der Waals surface area contributed by atoms with Gasteiger partial charge in [-0.1, -0.05) is 0 Å². The van der Waals surface area contributed by atoms with Gasteiger partial charge in [0, 0.05) is 31.6 Å². The first-order valence-electron chi connectivity index (χ1n) is 6.50. The van der Waals surface area contributed by atoms with Crippen molar-refractivity contribution in [2.45, 2.75) is 19.4 Å². The first-order chi connectivity index (χ1) is 9.80. The number of ether oxygens (including phenoxy) is 1. The molecule has 0 spiro atoms. The molecule has 1 unspecified atom stereocenters. The van der Waals surface area contributed by atoms with Crippen LogP contribution in [0.4, 0.5) is 0 Å². The van der Waals surface area contributed by atoms with Crippen LogP contribution in [0.1, 0.15) is 13.3 Å². The fourth-order valence-corrected chi connectivity index (χ4v) is 4.56. The third-order valence-electron chi connectivity index (χ3n) is 2.97. The predicted octanol–water partition coefficient (Wildman–Crippen LogP) is -0.382. The Balaban J connectivity index is 2.86. The molecule has 1 saturated heterocycles. The van der Waals surface area contributed by atoms with E-state index in [0.29, 0.717) is 11.5 Å². The minimum absolute atomic E-state index is 0.142. The maximum Gasteiger partial charge on any atom is 0.325 e. The molecule has 1 fully saturated rings. The van der Waals surface area contributed by atoms with E-state index in [4.69, 9.17) is 9.84 Å². The van der Waals surface area contributed by atoms with Crippen LogP contribution in [0.3, 0.4) is 0 Å². The first kappa shape index (κ1) is 18.2. The molecular weight excluding hydrogens is 320 g/mol. The standard InChI is InChI=1S/C11H20N2O6S2/c1-3-19-11(16)9-8-20-7-6-13(9)21(17,18)12(2)5-4-10(14)15/h9H,3-8H2,1-2H3,(H,14,15). The van der Waals surface area contributed by atoms with E-state index < -0.39 is 28.2 Å². The van der Waals surface area contributed by atoms with Crippen molar-refractivity contribution >= 4 is 33.9 Å². The second-order valence-corrected chi connectivity index (χ2v) is 7.56. The Morgan fingerprint density at radius 1 is 1.48 bits per heavy atom. The number of hydrogen-bond donors (Lipinski definition) is 1. The van der Waals surface area contributed by atoms with Crippen molar-refractivity contribution < 1.29 is 27.9 Å². The molecule has 0 aliphatic carbocycles. The number of carbonyl (C=O) groups excluding carboxylic acids is 1. The molecule has 0 aromatic carbocycles. The number of thioether (sulfide) groups is 1. The lowest BCUT2D eigenvalue weighted by Crippen LogP contribution is -2.54. The SMILES string of the molecule is CCOC(=O)C1CSCCN1S(=O)(=O)N(C)CCC(=O)O. The summed E-state index contributed by atoms with van der Waals surface area (Å²) in [4.78, 5) is 22.4. The van der Waals surface area contributed by atoms with Gasteiger partial charge in [-0.3, -0.25) is 9.59 Å². The summed E-state index contributed by atoms with van der Waals surface area (Å²) in [5.41, 5.74) is 0. The molecule has 10 heteroatoms. The molecule has 1 heterocycles. The Morgan fingerprint density at radius 2 is 2.14 bits per heavy atom. The normalized spacial score (nSPS) is 20.4. The van der Waals surface area contributed by atoms with Crippen LogP contribution in [0.5, 0.6) is 0 Å². The van der Waals surface area contributed by atoms with E-state index in [9.17, 15) is 18.0 Å². The molecule has 0 saturated carbocycles. The summed E-state index contributed by atoms with van der Waals surface area (Å²) in [5.74, 6) is -0.722. The van der Waals surface area contributed by atoms with Gasteiger partial charge in [-0.15, -0.1) is 0 Å². The van der Waals surface area contributed by atoms with Gasteiger partial charge in [0.1, 0.15) is 6.04 Å². The van der Waals surface area contributed by atoms with Gasteiger partial charge in [-0.05, 0) is 6.92 Å². The van der Waals surface area contributed by atoms with Crippen molar-refractivity contribution in [2.24, 2.45) is 0 Å². The zero-order valence-electron chi connectivity index (χ0n) is 12.0. The molecule has 21 heavy (non-hydrogen) atoms. The van der Waals surface area contributed by atoms with Crippen LogP contribution in [-0.4, -0.2) is 78.4 Å². The monoisotopic (exact) mass is 340 g/mol. The lowest BCUT2D eigenvalue weighted by Gasteiger charge is -2.35. The lowest BCUT2D eigenvalue weighted by molar-refractivity contribution is -0.147. The number of carbonyl (C=O) groups is 2. The minimum Gasteiger partial charge on any atom is -0.481 e. The fourth-order valence-electron chi connectivity index (χ4n) is 1.84. The molecule has 1 atom stereocenters. The lowest BCUT2D eigenvalue weighted by atomic mass is 10.3. The Bertz CT molecular complexity index is 481. The number of aliphatic carboxylic acids is 1. The summed E-state index contributed by atoms with van der Waals surface area (Å²) in [5, 5.41) is 8.64. The highest BCUT2D eigenvalue weighted by Crippen LogP contribution is 2.22. The second-order valence-electron chi connectivity index (χ2n) is 4.43. The maximum atomic E-state index is 12.5. The van der Waals surface area contributed by atoms with E-state index >= 15 is 0 Å². The zero-order valence-corrected chi connectivity index (χ0v) is 13.7. The quantitative estimate of drug-likeness (QED) is 0.630. The Kier molecular flexibility index (Phi) is 6.91. The number of carboxylic acid groups (broad SMARTS) is 1. The first-order valence-corrected chi connectivity index (χ1v) is 9.05. The number of hydrogen-bond acceptors (Lipinski definition) is 6. The van der Waals surface area contributed by atoms with Crippen molar-refractivity contribution in [2.75, 3.05) is 38.2 Å². The van der Waals surface area contributed by atoms with Gasteiger partial charge in [0.05, 0.1) is 13.0 Å². The van der Waals surface area contributed by atoms with Gasteiger partial charge in [-0.2, -0.15) is 28.8 Å². The molecule has 1 aliphatic rings. The van der Waals surface area contributed by atoms with E-state index in [2.05, 4.69) is 0 Å². The van der Waals surface area contributed by atoms with Gasteiger partial charge < -0.3 is 9.84 Å². The summed E-state index contributed by atoms with van der Waals surface area (Å²) in [6.07, 6.45) is -0.289. The third kappa shape index (κ3) is 4.83. The molecule has 1 rings (SSSR count). The highest BCUT2D eigenvalue weighted by Gasteiger charge is 2.40. The number of rotatable bonds is 7. The van der Waals surface area contributed by atoms with Crippen molar-refractivity contribution in [3.8, 4) is 0 Å². The molecule has 0 bridgehead atoms. The second kappa shape index (κ2) is 7.97. The zero-order chi connectivity index (χ0) is 16.0. The number of carboxylic acids is 1. The van der Waals surface area contributed by atoms with Crippen molar-refractivity contribution in [1.82, 2.24) is 8.61 Å². The van der Waals surface area contributed by atoms with Gasteiger partial charge in [0.15, 0.2) is 0 Å². The van der Waals surface area contributed by atoms with Crippen molar-refractivity contribution in [3.05, 3.63) is 0 Å². The van der Waals surface area contributed by atoms with Crippen LogP contribution in [0.15, 0.2) is 0 Å². The van der Waals surface area contributed by atoms with Gasteiger partial charge in [-0.25, -0.2) is 0 Å². The Morgan fingerprint density at radius 3 is 2.71 bits per heavy atom. The molecule has 1 aliphatic heterocycles. The van der Waals surface area contributed by atoms with E-state index in [-0.39, 0.29) is 26.1 Å². The van der Waals surface area contributed by atoms with Crippen LogP contribution in [0, 0.1) is 0 Å². The van der Waals surface area contributed by atoms with Crippen molar-refractivity contribution in [1.29, 1.82) is 0 Å². The summed E-state index contributed by atoms with van der Waals surface area (Å²) in [6, 6.07) is -0.860. The third-order valence-corrected chi connectivity index (χ3v) is 5.99. The molecule has 1 N–H and O–H groups in total. The van der Waals surface area contributed by atoms with E-state index in [0.717, 1.165) is 8.61 Å². The Hall–Kier alpha value is -0.840. The summed E-state index contributed by atoms with van der Waals surface area (Å²) in [6.45, 7) is 1.90. The van der Waals surface area contributed by atoms with E-state index in [1.54, 1.807) is 6.92 Å². The van der Waals surface area contributed by atoms with Gasteiger partial charge >= 0.3 is 11.9 Å². The van der Waals surface area contributed by atoms with Crippen LogP contribution in [0.25, 0.3) is 0 Å². The Labute approximate surface area is 128 Å². The van der Waals surface area contributed by atoms with Crippen LogP contribution in [-0.2, 0) is 24.5 Å². The van der Waals surface area contributed by atoms with Gasteiger partial charge in [0.2, 0.25) is 0 Å². The van der Waals surface area contributed by atoms with Crippen molar-refractivity contribution in [3.63, 3.8) is 0 Å². The average molecular weight is 340 g/mol. The summed E-state index contributed by atoms with van der Waals surface area (Å²) < 4.78 is 31.9. The number of nitrogens with zero attached hydrogens (tertiary/aromatic N) is 2. The smallest absolute Gasteiger partial charge is 0.325 e.